The molecule has 9 atom stereocenters. The molecule has 126 valence electrons. The molecule has 2 aliphatic heterocycles. The number of ether oxygens (including phenoxy) is 2. The van der Waals surface area contributed by atoms with E-state index >= 15 is 0 Å². The average Bonchev–Trinajstić information content (AvgIpc) is 2.96. The second kappa shape index (κ2) is 6.14. The summed E-state index contributed by atoms with van der Waals surface area (Å²) in [4.78, 5) is 0. The minimum Gasteiger partial charge on any atom is -0.392 e. The highest BCUT2D eigenvalue weighted by Gasteiger charge is 2.50. The number of aliphatic hydroxyl groups excluding tert-OH is 5. The molecule has 0 aromatic carbocycles. The lowest BCUT2D eigenvalue weighted by Gasteiger charge is -2.41. The van der Waals surface area contributed by atoms with Gasteiger partial charge in [0.25, 0.3) is 0 Å². The smallest absolute Gasteiger partial charge is 0.186 e. The summed E-state index contributed by atoms with van der Waals surface area (Å²) in [5.41, 5.74) is 0.419. The van der Waals surface area contributed by atoms with Gasteiger partial charge in [0.15, 0.2) is 6.29 Å². The van der Waals surface area contributed by atoms with Crippen molar-refractivity contribution < 1.29 is 35.0 Å². The van der Waals surface area contributed by atoms with Crippen molar-refractivity contribution in [3.63, 3.8) is 0 Å². The van der Waals surface area contributed by atoms with Gasteiger partial charge in [-0.1, -0.05) is 13.0 Å². The number of fused-ring (bicyclic) bond motifs is 2. The Morgan fingerprint density at radius 1 is 1.18 bits per heavy atom. The highest BCUT2D eigenvalue weighted by Crippen LogP contribution is 2.30. The molecule has 0 spiro atoms. The largest absolute Gasteiger partial charge is 0.392 e. The first kappa shape index (κ1) is 16.3. The van der Waals surface area contributed by atoms with E-state index in [1.807, 2.05) is 0 Å². The van der Waals surface area contributed by atoms with Crippen LogP contribution < -0.4 is 5.32 Å². The van der Waals surface area contributed by atoms with Crippen LogP contribution in [0.1, 0.15) is 6.92 Å². The highest BCUT2D eigenvalue weighted by molar-refractivity contribution is 5.21. The van der Waals surface area contributed by atoms with Crippen molar-refractivity contribution in [1.82, 2.24) is 5.32 Å². The summed E-state index contributed by atoms with van der Waals surface area (Å²) in [6, 6.07) is -1.19. The molecular formula is C14H23NO7. The van der Waals surface area contributed by atoms with Crippen LogP contribution in [0, 0.1) is 5.92 Å². The van der Waals surface area contributed by atoms with E-state index in [-0.39, 0.29) is 13.2 Å². The average molecular weight is 317 g/mol. The monoisotopic (exact) mass is 317 g/mol. The molecule has 22 heavy (non-hydrogen) atoms. The zero-order valence-electron chi connectivity index (χ0n) is 12.2. The van der Waals surface area contributed by atoms with Gasteiger partial charge >= 0.3 is 0 Å². The maximum absolute atomic E-state index is 10.3. The van der Waals surface area contributed by atoms with Crippen LogP contribution in [0.2, 0.25) is 0 Å². The van der Waals surface area contributed by atoms with Crippen LogP contribution in [0.25, 0.3) is 0 Å². The normalized spacial score (nSPS) is 51.7. The number of rotatable bonds is 3. The second-order valence-corrected chi connectivity index (χ2v) is 6.27. The van der Waals surface area contributed by atoms with Crippen molar-refractivity contribution >= 4 is 0 Å². The van der Waals surface area contributed by atoms with Gasteiger partial charge in [0.05, 0.1) is 37.5 Å². The van der Waals surface area contributed by atoms with Crippen LogP contribution in [0.3, 0.4) is 0 Å². The van der Waals surface area contributed by atoms with E-state index in [4.69, 9.17) is 9.47 Å². The molecule has 2 saturated heterocycles. The van der Waals surface area contributed by atoms with Crippen LogP contribution in [0.5, 0.6) is 0 Å². The van der Waals surface area contributed by atoms with E-state index in [0.29, 0.717) is 5.57 Å². The summed E-state index contributed by atoms with van der Waals surface area (Å²) in [5.74, 6) is -0.469. The molecule has 0 aromatic rings. The quantitative estimate of drug-likeness (QED) is 0.305. The maximum Gasteiger partial charge on any atom is 0.186 e. The third-order valence-electron chi connectivity index (χ3n) is 4.88. The Labute approximate surface area is 128 Å². The molecular weight excluding hydrogens is 294 g/mol. The lowest BCUT2D eigenvalue weighted by Crippen LogP contribution is -2.64. The predicted molar refractivity (Wildman–Crippen MR) is 73.7 cm³/mol. The minimum absolute atomic E-state index is 0.244. The van der Waals surface area contributed by atoms with Gasteiger partial charge < -0.3 is 40.3 Å². The summed E-state index contributed by atoms with van der Waals surface area (Å²) < 4.78 is 10.7. The van der Waals surface area contributed by atoms with Crippen molar-refractivity contribution in [2.24, 2.45) is 5.92 Å². The van der Waals surface area contributed by atoms with Gasteiger partial charge in [-0.05, 0) is 5.57 Å². The minimum atomic E-state index is -1.17. The van der Waals surface area contributed by atoms with Crippen LogP contribution in [-0.2, 0) is 9.47 Å². The van der Waals surface area contributed by atoms with Gasteiger partial charge in [-0.2, -0.15) is 0 Å². The third kappa shape index (κ3) is 2.59. The Morgan fingerprint density at radius 2 is 1.91 bits per heavy atom. The van der Waals surface area contributed by atoms with Gasteiger partial charge in [-0.15, -0.1) is 0 Å². The van der Waals surface area contributed by atoms with E-state index < -0.39 is 54.8 Å². The van der Waals surface area contributed by atoms with Crippen molar-refractivity contribution in [3.8, 4) is 0 Å². The van der Waals surface area contributed by atoms with E-state index in [9.17, 15) is 25.5 Å². The summed E-state index contributed by atoms with van der Waals surface area (Å²) in [5, 5.41) is 52.8. The SMILES string of the molecule is CC1[C@@H](O)C(N[C@H]2C(O)[C@@H](O)[C@H]3OC[C@@H]2O3)C=C(CO)[C@H]1O. The Morgan fingerprint density at radius 3 is 2.59 bits per heavy atom. The molecule has 1 aliphatic carbocycles. The summed E-state index contributed by atoms with van der Waals surface area (Å²) in [6.07, 6.45) is -3.74. The molecule has 2 heterocycles. The number of aliphatic hydroxyl groups is 5. The lowest BCUT2D eigenvalue weighted by atomic mass is 9.81. The van der Waals surface area contributed by atoms with E-state index in [0.717, 1.165) is 0 Å². The zero-order chi connectivity index (χ0) is 16.0. The van der Waals surface area contributed by atoms with E-state index in [1.54, 1.807) is 13.0 Å². The molecule has 3 unspecified atom stereocenters. The van der Waals surface area contributed by atoms with Gasteiger partial charge in [-0.3, -0.25) is 0 Å². The van der Waals surface area contributed by atoms with Gasteiger partial charge in [0.1, 0.15) is 18.3 Å². The predicted octanol–water partition coefficient (Wildman–Crippen LogP) is -2.92. The van der Waals surface area contributed by atoms with Gasteiger partial charge in [0.2, 0.25) is 0 Å². The van der Waals surface area contributed by atoms with Crippen LogP contribution in [-0.4, -0.2) is 87.6 Å². The molecule has 6 N–H and O–H groups in total. The molecule has 2 bridgehead atoms. The van der Waals surface area contributed by atoms with Crippen molar-refractivity contribution in [2.45, 2.75) is 55.8 Å². The van der Waals surface area contributed by atoms with Crippen LogP contribution >= 0.6 is 0 Å². The Kier molecular flexibility index (Phi) is 4.54. The Hall–Kier alpha value is -0.580. The van der Waals surface area contributed by atoms with Crippen LogP contribution in [0.4, 0.5) is 0 Å². The third-order valence-corrected chi connectivity index (χ3v) is 4.88. The summed E-state index contributed by atoms with van der Waals surface area (Å²) >= 11 is 0. The van der Waals surface area contributed by atoms with Crippen molar-refractivity contribution in [1.29, 1.82) is 0 Å². The number of hydrogen-bond acceptors (Lipinski definition) is 8. The summed E-state index contributed by atoms with van der Waals surface area (Å²) in [6.45, 7) is 1.62. The molecule has 3 aliphatic rings. The fourth-order valence-electron chi connectivity index (χ4n) is 3.40. The lowest BCUT2D eigenvalue weighted by molar-refractivity contribution is -0.204. The molecule has 8 heteroatoms. The molecule has 0 saturated carbocycles. The Bertz CT molecular complexity index is 445. The first-order valence-electron chi connectivity index (χ1n) is 7.51. The number of hydrogen-bond donors (Lipinski definition) is 6. The fraction of sp³-hybridized carbons (Fsp3) is 0.857. The van der Waals surface area contributed by atoms with Crippen molar-refractivity contribution in [2.75, 3.05) is 13.2 Å². The molecule has 0 amide bonds. The first-order chi connectivity index (χ1) is 10.4. The highest BCUT2D eigenvalue weighted by atomic mass is 16.7. The first-order valence-corrected chi connectivity index (χ1v) is 7.51. The fourth-order valence-corrected chi connectivity index (χ4v) is 3.40. The van der Waals surface area contributed by atoms with E-state index in [1.165, 1.54) is 0 Å². The molecule has 8 nitrogen and oxygen atoms in total. The molecule has 2 fully saturated rings. The molecule has 0 aromatic heterocycles. The van der Waals surface area contributed by atoms with Crippen LogP contribution in [0.15, 0.2) is 11.6 Å². The van der Waals surface area contributed by atoms with Gasteiger partial charge in [0, 0.05) is 5.92 Å². The standard InChI is InChI=1S/C14H23NO7/c1-5-10(17)6(3-16)2-7(11(5)18)15-9-8-4-21-14(22-8)13(20)12(9)19/h2,5,7-20H,3-4H2,1H3/t5?,7?,8-,9+,10-,11+,12?,13+,14-/m0/s1. The zero-order valence-corrected chi connectivity index (χ0v) is 12.2. The topological polar surface area (TPSA) is 132 Å². The molecule has 3 rings (SSSR count). The Balaban J connectivity index is 1.78. The maximum atomic E-state index is 10.3. The second-order valence-electron chi connectivity index (χ2n) is 6.27. The summed E-state index contributed by atoms with van der Waals surface area (Å²) in [7, 11) is 0. The number of nitrogens with one attached hydrogen (secondary N) is 1. The van der Waals surface area contributed by atoms with E-state index in [2.05, 4.69) is 5.32 Å². The molecule has 0 radical (unpaired) electrons. The van der Waals surface area contributed by atoms with Gasteiger partial charge in [-0.25, -0.2) is 0 Å². The van der Waals surface area contributed by atoms with Crippen molar-refractivity contribution in [3.05, 3.63) is 11.6 Å².